The van der Waals surface area contributed by atoms with Crippen molar-refractivity contribution < 1.29 is 27.5 Å². The number of carbonyl (C=O) groups excluding carboxylic acids is 2. The molecule has 1 fully saturated rings. The molecule has 0 saturated carbocycles. The summed E-state index contributed by atoms with van der Waals surface area (Å²) < 4.78 is 47.3. The highest BCUT2D eigenvalue weighted by Gasteiger charge is 2.46. The van der Waals surface area contributed by atoms with E-state index in [0.717, 1.165) is 18.3 Å². The number of benzene rings is 1. The van der Waals surface area contributed by atoms with E-state index in [0.29, 0.717) is 38.2 Å². The largest absolute Gasteiger partial charge is 0.496 e. The van der Waals surface area contributed by atoms with Crippen LogP contribution in [-0.4, -0.2) is 59.8 Å². The Balaban J connectivity index is 1.58. The van der Waals surface area contributed by atoms with Gasteiger partial charge in [-0.3, -0.25) is 14.5 Å². The Morgan fingerprint density at radius 1 is 0.971 bits per heavy atom. The number of methoxy groups -OCH3 is 1. The van der Waals surface area contributed by atoms with Gasteiger partial charge in [-0.2, -0.15) is 13.2 Å². The fourth-order valence-corrected chi connectivity index (χ4v) is 5.32. The van der Waals surface area contributed by atoms with Crippen LogP contribution in [-0.2, 0) is 18.3 Å². The number of likely N-dealkylation sites (tertiary alicyclic amines) is 1. The summed E-state index contributed by atoms with van der Waals surface area (Å²) >= 11 is 0. The molecule has 1 spiro atoms. The Morgan fingerprint density at radius 3 is 2.20 bits per heavy atom. The molecule has 2 aliphatic rings. The number of ether oxygens (including phenoxy) is 1. The van der Waals surface area contributed by atoms with Crippen LogP contribution in [0.25, 0.3) is 0 Å². The Labute approximate surface area is 203 Å². The molecule has 3 heterocycles. The molecular formula is C26H32F3N3O3. The minimum atomic E-state index is -4.62. The lowest BCUT2D eigenvalue weighted by molar-refractivity contribution is -0.138. The number of hydrogen-bond acceptors (Lipinski definition) is 4. The first kappa shape index (κ1) is 25.3. The summed E-state index contributed by atoms with van der Waals surface area (Å²) in [6.45, 7) is 8.03. The average Bonchev–Trinajstić information content (AvgIpc) is 3.24. The number of amides is 1. The molecule has 0 N–H and O–H groups in total. The van der Waals surface area contributed by atoms with Crippen LogP contribution in [0.15, 0.2) is 30.3 Å². The van der Waals surface area contributed by atoms with Crippen LogP contribution < -0.4 is 4.74 Å². The second-order valence-electron chi connectivity index (χ2n) is 10.5. The van der Waals surface area contributed by atoms with Crippen molar-refractivity contribution >= 4 is 11.7 Å². The number of alkyl halides is 3. The summed E-state index contributed by atoms with van der Waals surface area (Å²) in [5.74, 6) is -0.640. The predicted molar refractivity (Wildman–Crippen MR) is 126 cm³/mol. The number of Topliss-reactive ketones (excluding diaryl/α,β-unsaturated/α-hetero) is 1. The second kappa shape index (κ2) is 8.69. The minimum absolute atomic E-state index is 0.00694. The molecule has 35 heavy (non-hydrogen) atoms. The van der Waals surface area contributed by atoms with Gasteiger partial charge in [0.05, 0.1) is 23.9 Å². The van der Waals surface area contributed by atoms with Crippen molar-refractivity contribution in [2.24, 2.45) is 5.41 Å². The lowest BCUT2D eigenvalue weighted by atomic mass is 9.81. The molecule has 6 nitrogen and oxygen atoms in total. The standard InChI is InChI=1S/C26H32F3N3O3/c1-24(2,3)22(33)19-7-9-21-25(30(4)14-15-32(19)21)10-12-31(13-11-25)23(34)17-6-8-20(35-5)18(16-17)26(27,28)29/h6-9,16H,10-15H2,1-5H3. The number of rotatable bonds is 3. The number of carbonyl (C=O) groups is 2. The Morgan fingerprint density at radius 2 is 1.63 bits per heavy atom. The van der Waals surface area contributed by atoms with Gasteiger partial charge in [-0.15, -0.1) is 0 Å². The van der Waals surface area contributed by atoms with E-state index in [1.165, 1.54) is 19.2 Å². The number of fused-ring (bicyclic) bond motifs is 2. The summed E-state index contributed by atoms with van der Waals surface area (Å²) in [7, 11) is 3.23. The third kappa shape index (κ3) is 4.35. The van der Waals surface area contributed by atoms with E-state index in [1.807, 2.05) is 32.9 Å². The van der Waals surface area contributed by atoms with Crippen molar-refractivity contribution in [3.05, 3.63) is 52.8 Å². The second-order valence-corrected chi connectivity index (χ2v) is 10.5. The number of aromatic nitrogens is 1. The molecule has 4 rings (SSSR count). The van der Waals surface area contributed by atoms with E-state index >= 15 is 0 Å². The first-order chi connectivity index (χ1) is 16.3. The zero-order valence-corrected chi connectivity index (χ0v) is 20.8. The fraction of sp³-hybridized carbons (Fsp3) is 0.538. The van der Waals surface area contributed by atoms with Crippen molar-refractivity contribution in [3.63, 3.8) is 0 Å². The molecule has 2 aromatic rings. The first-order valence-corrected chi connectivity index (χ1v) is 11.8. The van der Waals surface area contributed by atoms with Gasteiger partial charge in [0.1, 0.15) is 5.75 Å². The number of ketones is 1. The zero-order valence-electron chi connectivity index (χ0n) is 20.8. The number of nitrogens with zero attached hydrogens (tertiary/aromatic N) is 3. The Kier molecular flexibility index (Phi) is 6.28. The first-order valence-electron chi connectivity index (χ1n) is 11.8. The van der Waals surface area contributed by atoms with E-state index in [1.54, 1.807) is 4.90 Å². The Bertz CT molecular complexity index is 1140. The van der Waals surface area contributed by atoms with Crippen LogP contribution in [0.4, 0.5) is 13.2 Å². The van der Waals surface area contributed by atoms with Gasteiger partial charge in [0.15, 0.2) is 5.78 Å². The molecule has 1 amide bonds. The van der Waals surface area contributed by atoms with Gasteiger partial charge >= 0.3 is 6.18 Å². The molecule has 0 radical (unpaired) electrons. The molecular weight excluding hydrogens is 459 g/mol. The highest BCUT2D eigenvalue weighted by molar-refractivity contribution is 5.98. The van der Waals surface area contributed by atoms with Crippen LogP contribution >= 0.6 is 0 Å². The van der Waals surface area contributed by atoms with Gasteiger partial charge in [0.2, 0.25) is 0 Å². The molecule has 0 bridgehead atoms. The van der Waals surface area contributed by atoms with Crippen molar-refractivity contribution in [1.29, 1.82) is 0 Å². The summed E-state index contributed by atoms with van der Waals surface area (Å²) in [4.78, 5) is 30.1. The van der Waals surface area contributed by atoms with E-state index in [2.05, 4.69) is 16.5 Å². The maximum Gasteiger partial charge on any atom is 0.419 e. The molecule has 9 heteroatoms. The Hall–Kier alpha value is -2.81. The topological polar surface area (TPSA) is 54.8 Å². The van der Waals surface area contributed by atoms with Gasteiger partial charge in [-0.1, -0.05) is 20.8 Å². The summed E-state index contributed by atoms with van der Waals surface area (Å²) in [6.07, 6.45) is -3.36. The summed E-state index contributed by atoms with van der Waals surface area (Å²) in [5, 5.41) is 0. The van der Waals surface area contributed by atoms with Crippen molar-refractivity contribution in [3.8, 4) is 5.75 Å². The minimum Gasteiger partial charge on any atom is -0.496 e. The number of likely N-dealkylation sites (N-methyl/N-ethyl adjacent to an activating group) is 1. The van der Waals surface area contributed by atoms with E-state index in [9.17, 15) is 22.8 Å². The summed E-state index contributed by atoms with van der Waals surface area (Å²) in [6, 6.07) is 7.36. The maximum absolute atomic E-state index is 13.4. The van der Waals surface area contributed by atoms with E-state index in [4.69, 9.17) is 4.74 Å². The van der Waals surface area contributed by atoms with Gasteiger partial charge < -0.3 is 14.2 Å². The SMILES string of the molecule is COc1ccc(C(=O)N2CCC3(CC2)c2ccc(C(=O)C(C)(C)C)n2CCN3C)cc1C(F)(F)F. The highest BCUT2D eigenvalue weighted by atomic mass is 19.4. The molecule has 2 aliphatic heterocycles. The van der Waals surface area contributed by atoms with Crippen molar-refractivity contribution in [2.75, 3.05) is 33.8 Å². The smallest absolute Gasteiger partial charge is 0.419 e. The van der Waals surface area contributed by atoms with Crippen LogP contribution in [0.1, 0.15) is 65.7 Å². The molecule has 0 unspecified atom stereocenters. The third-order valence-electron chi connectivity index (χ3n) is 7.39. The summed E-state index contributed by atoms with van der Waals surface area (Å²) in [5.41, 5.74) is -0.0174. The number of hydrogen-bond donors (Lipinski definition) is 0. The van der Waals surface area contributed by atoms with Gasteiger partial charge in [-0.05, 0) is 50.2 Å². The highest BCUT2D eigenvalue weighted by Crippen LogP contribution is 2.43. The van der Waals surface area contributed by atoms with Crippen LogP contribution in [0.2, 0.25) is 0 Å². The fourth-order valence-electron chi connectivity index (χ4n) is 5.32. The average molecular weight is 492 g/mol. The van der Waals surface area contributed by atoms with Gasteiger partial charge in [0, 0.05) is 42.9 Å². The van der Waals surface area contributed by atoms with Crippen LogP contribution in [0.3, 0.4) is 0 Å². The van der Waals surface area contributed by atoms with Crippen LogP contribution in [0, 0.1) is 5.41 Å². The van der Waals surface area contributed by atoms with E-state index in [-0.39, 0.29) is 22.6 Å². The predicted octanol–water partition coefficient (Wildman–Crippen LogP) is 4.82. The molecule has 0 atom stereocenters. The van der Waals surface area contributed by atoms with Crippen molar-refractivity contribution in [1.82, 2.24) is 14.4 Å². The number of piperidine rings is 1. The third-order valence-corrected chi connectivity index (χ3v) is 7.39. The molecule has 1 aromatic heterocycles. The molecule has 1 aromatic carbocycles. The molecule has 1 saturated heterocycles. The zero-order chi connectivity index (χ0) is 25.8. The molecule has 190 valence electrons. The van der Waals surface area contributed by atoms with Gasteiger partial charge in [0.25, 0.3) is 5.91 Å². The quantitative estimate of drug-likeness (QED) is 0.578. The monoisotopic (exact) mass is 491 g/mol. The van der Waals surface area contributed by atoms with Gasteiger partial charge in [-0.25, -0.2) is 0 Å². The van der Waals surface area contributed by atoms with Crippen molar-refractivity contribution in [2.45, 2.75) is 51.9 Å². The van der Waals surface area contributed by atoms with Crippen LogP contribution in [0.5, 0.6) is 5.75 Å². The normalized spacial score (nSPS) is 18.5. The lowest BCUT2D eigenvalue weighted by Gasteiger charge is -2.50. The van der Waals surface area contributed by atoms with E-state index < -0.39 is 23.1 Å². The maximum atomic E-state index is 13.4. The number of halogens is 3. The molecule has 0 aliphatic carbocycles. The lowest BCUT2D eigenvalue weighted by Crippen LogP contribution is -2.56.